The van der Waals surface area contributed by atoms with E-state index in [4.69, 9.17) is 4.52 Å². The number of hydrogen-bond donors (Lipinski definition) is 1. The van der Waals surface area contributed by atoms with Crippen LogP contribution < -0.4 is 5.32 Å². The molecular weight excluding hydrogens is 258 g/mol. The quantitative estimate of drug-likeness (QED) is 0.777. The lowest BCUT2D eigenvalue weighted by Gasteiger charge is -1.99. The van der Waals surface area contributed by atoms with Crippen molar-refractivity contribution in [3.05, 3.63) is 54.8 Å². The number of carbonyl (C=O) groups is 1. The molecule has 98 valence electrons. The number of nitrogens with one attached hydrogen (secondary N) is 1. The van der Waals surface area contributed by atoms with Gasteiger partial charge in [-0.15, -0.1) is 0 Å². The first-order valence-electron chi connectivity index (χ1n) is 5.79. The van der Waals surface area contributed by atoms with Crippen LogP contribution in [0, 0.1) is 0 Å². The topological polar surface area (TPSA) is 93.8 Å². The number of anilines is 1. The Morgan fingerprint density at radius 3 is 2.75 bits per heavy atom. The number of para-hydroxylation sites is 1. The van der Waals surface area contributed by atoms with Crippen LogP contribution in [-0.2, 0) is 0 Å². The summed E-state index contributed by atoms with van der Waals surface area (Å²) in [6.07, 6.45) is 4.53. The Bertz CT molecular complexity index is 712. The fraction of sp³-hybridized carbons (Fsp3) is 0. The number of amides is 1. The summed E-state index contributed by atoms with van der Waals surface area (Å²) in [5.41, 5.74) is 1.09. The van der Waals surface area contributed by atoms with Crippen molar-refractivity contribution in [2.24, 2.45) is 0 Å². The van der Waals surface area contributed by atoms with Gasteiger partial charge in [0.25, 0.3) is 0 Å². The molecule has 0 radical (unpaired) electrons. The predicted molar refractivity (Wildman–Crippen MR) is 69.7 cm³/mol. The van der Waals surface area contributed by atoms with Crippen LogP contribution in [0.5, 0.6) is 0 Å². The Morgan fingerprint density at radius 1 is 1.15 bits per heavy atom. The molecule has 0 aliphatic heterocycles. The van der Waals surface area contributed by atoms with Gasteiger partial charge in [0.15, 0.2) is 0 Å². The van der Waals surface area contributed by atoms with Crippen molar-refractivity contribution >= 4 is 11.6 Å². The normalized spacial score (nSPS) is 10.2. The van der Waals surface area contributed by atoms with Crippen LogP contribution in [0.15, 0.2) is 53.4 Å². The van der Waals surface area contributed by atoms with Gasteiger partial charge in [0.05, 0.1) is 6.20 Å². The molecule has 1 aromatic carbocycles. The molecule has 0 bridgehead atoms. The minimum atomic E-state index is -0.473. The molecule has 3 aromatic rings. The van der Waals surface area contributed by atoms with Gasteiger partial charge in [0.2, 0.25) is 5.82 Å². The van der Waals surface area contributed by atoms with Crippen LogP contribution in [0.25, 0.3) is 11.5 Å². The highest BCUT2D eigenvalue weighted by molar-refractivity contribution is 6.01. The van der Waals surface area contributed by atoms with E-state index in [1.54, 1.807) is 12.1 Å². The Morgan fingerprint density at radius 2 is 2.00 bits per heavy atom. The van der Waals surface area contributed by atoms with Crippen LogP contribution in [0.3, 0.4) is 0 Å². The van der Waals surface area contributed by atoms with E-state index in [0.29, 0.717) is 11.4 Å². The SMILES string of the molecule is O=C(Nc1ccccc1)c1nc(-c2cnccn2)no1. The number of carbonyl (C=O) groups excluding carboxylic acids is 1. The fourth-order valence-electron chi connectivity index (χ4n) is 1.54. The average Bonchev–Trinajstić information content (AvgIpc) is 2.99. The minimum absolute atomic E-state index is 0.130. The third kappa shape index (κ3) is 2.51. The van der Waals surface area contributed by atoms with Gasteiger partial charge in [-0.05, 0) is 12.1 Å². The number of nitrogens with zero attached hydrogens (tertiary/aromatic N) is 4. The van der Waals surface area contributed by atoms with Crippen LogP contribution in [0.4, 0.5) is 5.69 Å². The molecule has 20 heavy (non-hydrogen) atoms. The van der Waals surface area contributed by atoms with E-state index in [2.05, 4.69) is 25.4 Å². The van der Waals surface area contributed by atoms with Crippen molar-refractivity contribution in [1.82, 2.24) is 20.1 Å². The van der Waals surface area contributed by atoms with Gasteiger partial charge in [-0.2, -0.15) is 4.98 Å². The van der Waals surface area contributed by atoms with Crippen molar-refractivity contribution in [3.8, 4) is 11.5 Å². The average molecular weight is 267 g/mol. The maximum absolute atomic E-state index is 11.9. The van der Waals surface area contributed by atoms with Gasteiger partial charge in [0, 0.05) is 18.1 Å². The molecule has 1 N–H and O–H groups in total. The van der Waals surface area contributed by atoms with Crippen molar-refractivity contribution in [2.45, 2.75) is 0 Å². The van der Waals surface area contributed by atoms with E-state index in [1.807, 2.05) is 18.2 Å². The molecule has 0 fully saturated rings. The highest BCUT2D eigenvalue weighted by atomic mass is 16.5. The molecule has 0 unspecified atom stereocenters. The lowest BCUT2D eigenvalue weighted by atomic mass is 10.3. The summed E-state index contributed by atoms with van der Waals surface area (Å²) < 4.78 is 4.91. The molecule has 7 nitrogen and oxygen atoms in total. The van der Waals surface area contributed by atoms with Gasteiger partial charge < -0.3 is 9.84 Å². The van der Waals surface area contributed by atoms with Crippen molar-refractivity contribution < 1.29 is 9.32 Å². The molecule has 0 spiro atoms. The van der Waals surface area contributed by atoms with E-state index in [1.165, 1.54) is 18.6 Å². The molecular formula is C13H9N5O2. The largest absolute Gasteiger partial charge is 0.328 e. The Kier molecular flexibility index (Phi) is 3.15. The number of benzene rings is 1. The van der Waals surface area contributed by atoms with Crippen LogP contribution in [0.1, 0.15) is 10.7 Å². The standard InChI is InChI=1S/C13H9N5O2/c19-12(16-9-4-2-1-3-5-9)13-17-11(18-20-13)10-8-14-6-7-15-10/h1-8H,(H,16,19). The lowest BCUT2D eigenvalue weighted by molar-refractivity contribution is 0.0981. The van der Waals surface area contributed by atoms with Crippen molar-refractivity contribution in [2.75, 3.05) is 5.32 Å². The first kappa shape index (κ1) is 12.0. The van der Waals surface area contributed by atoms with E-state index in [0.717, 1.165) is 0 Å². The summed E-state index contributed by atoms with van der Waals surface area (Å²) in [5, 5.41) is 6.35. The fourth-order valence-corrected chi connectivity index (χ4v) is 1.54. The Labute approximate surface area is 113 Å². The first-order valence-corrected chi connectivity index (χ1v) is 5.79. The summed E-state index contributed by atoms with van der Waals surface area (Å²) in [6.45, 7) is 0. The molecule has 0 saturated heterocycles. The van der Waals surface area contributed by atoms with E-state index < -0.39 is 5.91 Å². The monoisotopic (exact) mass is 267 g/mol. The summed E-state index contributed by atoms with van der Waals surface area (Å²) in [7, 11) is 0. The van der Waals surface area contributed by atoms with Gasteiger partial charge in [-0.25, -0.2) is 4.98 Å². The molecule has 0 atom stereocenters. The molecule has 3 rings (SSSR count). The second-order valence-corrected chi connectivity index (χ2v) is 3.83. The highest BCUT2D eigenvalue weighted by Gasteiger charge is 2.16. The molecule has 2 aromatic heterocycles. The summed E-state index contributed by atoms with van der Waals surface area (Å²) in [4.78, 5) is 23.8. The van der Waals surface area contributed by atoms with Crippen molar-refractivity contribution in [1.29, 1.82) is 0 Å². The van der Waals surface area contributed by atoms with Gasteiger partial charge in [-0.3, -0.25) is 9.78 Å². The van der Waals surface area contributed by atoms with Gasteiger partial charge >= 0.3 is 11.8 Å². The number of hydrogen-bond acceptors (Lipinski definition) is 6. The molecule has 1 amide bonds. The smallest absolute Gasteiger partial charge is 0.316 e. The maximum Gasteiger partial charge on any atom is 0.316 e. The Balaban J connectivity index is 1.79. The zero-order valence-electron chi connectivity index (χ0n) is 10.2. The number of rotatable bonds is 3. The molecule has 0 aliphatic carbocycles. The number of aromatic nitrogens is 4. The molecule has 2 heterocycles. The van der Waals surface area contributed by atoms with Gasteiger partial charge in [-0.1, -0.05) is 23.4 Å². The lowest BCUT2D eigenvalue weighted by Crippen LogP contribution is -2.12. The van der Waals surface area contributed by atoms with Crippen molar-refractivity contribution in [3.63, 3.8) is 0 Å². The first-order chi connectivity index (χ1) is 9.83. The van der Waals surface area contributed by atoms with E-state index in [-0.39, 0.29) is 11.7 Å². The third-order valence-electron chi connectivity index (χ3n) is 2.44. The van der Waals surface area contributed by atoms with Gasteiger partial charge in [0.1, 0.15) is 5.69 Å². The molecule has 7 heteroatoms. The summed E-state index contributed by atoms with van der Waals surface area (Å²) in [6, 6.07) is 9.01. The van der Waals surface area contributed by atoms with Crippen LogP contribution in [-0.4, -0.2) is 26.0 Å². The Hall–Kier alpha value is -3.09. The summed E-state index contributed by atoms with van der Waals surface area (Å²) in [5.74, 6) is -0.385. The summed E-state index contributed by atoms with van der Waals surface area (Å²) >= 11 is 0. The van der Waals surface area contributed by atoms with E-state index >= 15 is 0 Å². The third-order valence-corrected chi connectivity index (χ3v) is 2.44. The highest BCUT2D eigenvalue weighted by Crippen LogP contribution is 2.12. The molecule has 0 saturated carbocycles. The second kappa shape index (κ2) is 5.27. The predicted octanol–water partition coefficient (Wildman–Crippen LogP) is 1.78. The van der Waals surface area contributed by atoms with Crippen LogP contribution in [0.2, 0.25) is 0 Å². The van der Waals surface area contributed by atoms with E-state index in [9.17, 15) is 4.79 Å². The minimum Gasteiger partial charge on any atom is -0.328 e. The zero-order valence-corrected chi connectivity index (χ0v) is 10.2. The second-order valence-electron chi connectivity index (χ2n) is 3.83. The molecule has 0 aliphatic rings. The van der Waals surface area contributed by atoms with Crippen LogP contribution >= 0.6 is 0 Å². The maximum atomic E-state index is 11.9. The zero-order chi connectivity index (χ0) is 13.8.